The van der Waals surface area contributed by atoms with E-state index < -0.39 is 5.41 Å². The van der Waals surface area contributed by atoms with Crippen LogP contribution in [-0.2, 0) is 15.0 Å². The van der Waals surface area contributed by atoms with Gasteiger partial charge in [-0.05, 0) is 49.1 Å². The zero-order valence-corrected chi connectivity index (χ0v) is 17.5. The number of nitrogens with one attached hydrogen (secondary N) is 2. The lowest BCUT2D eigenvalue weighted by Gasteiger charge is -2.23. The Kier molecular flexibility index (Phi) is 5.42. The monoisotopic (exact) mass is 389 g/mol. The van der Waals surface area contributed by atoms with E-state index in [-0.39, 0.29) is 17.2 Å². The maximum Gasteiger partial charge on any atom is 0.239 e. The molecule has 0 bridgehead atoms. The van der Waals surface area contributed by atoms with E-state index in [9.17, 15) is 9.59 Å². The second-order valence-electron chi connectivity index (χ2n) is 8.74. The van der Waals surface area contributed by atoms with Crippen LogP contribution in [0.15, 0.2) is 60.8 Å². The van der Waals surface area contributed by atoms with E-state index in [1.807, 2.05) is 48.5 Å². The molecule has 29 heavy (non-hydrogen) atoms. The van der Waals surface area contributed by atoms with Crippen LogP contribution in [0.2, 0.25) is 0 Å². The first-order valence-corrected chi connectivity index (χ1v) is 9.66. The van der Waals surface area contributed by atoms with Crippen molar-refractivity contribution in [2.75, 3.05) is 10.6 Å². The largest absolute Gasteiger partial charge is 0.325 e. The van der Waals surface area contributed by atoms with Crippen LogP contribution in [0.4, 0.5) is 11.4 Å². The summed E-state index contributed by atoms with van der Waals surface area (Å²) in [6, 6.07) is 17.0. The summed E-state index contributed by atoms with van der Waals surface area (Å²) < 4.78 is 0. The summed E-state index contributed by atoms with van der Waals surface area (Å²) in [5.41, 5.74) is 1.89. The van der Waals surface area contributed by atoms with Crippen molar-refractivity contribution in [2.45, 2.75) is 40.0 Å². The molecule has 0 aliphatic rings. The Morgan fingerprint density at radius 3 is 2.07 bits per heavy atom. The number of amides is 2. The average Bonchev–Trinajstić information content (AvgIpc) is 2.68. The number of para-hydroxylation sites is 1. The molecule has 0 spiro atoms. The Balaban J connectivity index is 1.75. The van der Waals surface area contributed by atoms with E-state index in [2.05, 4.69) is 36.4 Å². The predicted octanol–water partition coefficient (Wildman–Crippen LogP) is 5.14. The van der Waals surface area contributed by atoms with E-state index in [0.717, 1.165) is 5.39 Å². The molecular weight excluding hydrogens is 362 g/mol. The lowest BCUT2D eigenvalue weighted by Crippen LogP contribution is -2.41. The predicted molar refractivity (Wildman–Crippen MR) is 118 cm³/mol. The van der Waals surface area contributed by atoms with Gasteiger partial charge in [0.2, 0.25) is 11.8 Å². The van der Waals surface area contributed by atoms with Gasteiger partial charge in [0.25, 0.3) is 0 Å². The van der Waals surface area contributed by atoms with Crippen LogP contribution in [0, 0.1) is 5.41 Å². The van der Waals surface area contributed by atoms with Crippen molar-refractivity contribution in [3.63, 3.8) is 0 Å². The number of nitrogens with zero attached hydrogens (tertiary/aromatic N) is 1. The Morgan fingerprint density at radius 2 is 1.41 bits per heavy atom. The summed E-state index contributed by atoms with van der Waals surface area (Å²) in [4.78, 5) is 30.1. The first-order chi connectivity index (χ1) is 13.6. The highest BCUT2D eigenvalue weighted by Gasteiger charge is 2.36. The van der Waals surface area contributed by atoms with Gasteiger partial charge in [0.15, 0.2) is 0 Å². The summed E-state index contributed by atoms with van der Waals surface area (Å²) >= 11 is 0. The van der Waals surface area contributed by atoms with E-state index in [1.165, 1.54) is 5.56 Å². The van der Waals surface area contributed by atoms with Gasteiger partial charge in [-0.2, -0.15) is 0 Å². The summed E-state index contributed by atoms with van der Waals surface area (Å²) in [7, 11) is 0. The van der Waals surface area contributed by atoms with Crippen molar-refractivity contribution in [1.82, 2.24) is 4.98 Å². The molecule has 2 aromatic carbocycles. The molecule has 0 radical (unpaired) electrons. The summed E-state index contributed by atoms with van der Waals surface area (Å²) in [5.74, 6) is -0.758. The second-order valence-corrected chi connectivity index (χ2v) is 8.74. The Bertz CT molecular complexity index is 1040. The molecular formula is C24H27N3O2. The fraction of sp³-hybridized carbons (Fsp3) is 0.292. The highest BCUT2D eigenvalue weighted by atomic mass is 16.2. The highest BCUT2D eigenvalue weighted by Crippen LogP contribution is 2.27. The third-order valence-electron chi connectivity index (χ3n) is 5.03. The normalized spacial score (nSPS) is 11.9. The van der Waals surface area contributed by atoms with Crippen LogP contribution >= 0.6 is 0 Å². The lowest BCUT2D eigenvalue weighted by atomic mass is 9.87. The maximum absolute atomic E-state index is 12.9. The number of fused-ring (bicyclic) bond motifs is 1. The van der Waals surface area contributed by atoms with Gasteiger partial charge in [0.05, 0.1) is 11.2 Å². The van der Waals surface area contributed by atoms with E-state index >= 15 is 0 Å². The number of hydrogen-bond acceptors (Lipinski definition) is 3. The number of pyridine rings is 1. The number of hydrogen-bond donors (Lipinski definition) is 2. The van der Waals surface area contributed by atoms with Gasteiger partial charge < -0.3 is 10.6 Å². The Hall–Kier alpha value is -3.21. The minimum Gasteiger partial charge on any atom is -0.325 e. The smallest absolute Gasteiger partial charge is 0.239 e. The summed E-state index contributed by atoms with van der Waals surface area (Å²) in [6.45, 7) is 9.63. The van der Waals surface area contributed by atoms with Crippen molar-refractivity contribution < 1.29 is 9.59 Å². The van der Waals surface area contributed by atoms with E-state index in [1.54, 1.807) is 26.1 Å². The number of aromatic nitrogens is 1. The zero-order chi connectivity index (χ0) is 21.2. The van der Waals surface area contributed by atoms with Gasteiger partial charge in [-0.25, -0.2) is 0 Å². The summed E-state index contributed by atoms with van der Waals surface area (Å²) in [5, 5.41) is 6.63. The fourth-order valence-corrected chi connectivity index (χ4v) is 2.93. The molecule has 0 aliphatic carbocycles. The van der Waals surface area contributed by atoms with Crippen molar-refractivity contribution in [2.24, 2.45) is 5.41 Å². The van der Waals surface area contributed by atoms with E-state index in [4.69, 9.17) is 0 Å². The number of rotatable bonds is 4. The van der Waals surface area contributed by atoms with Gasteiger partial charge in [-0.15, -0.1) is 0 Å². The zero-order valence-electron chi connectivity index (χ0n) is 17.5. The lowest BCUT2D eigenvalue weighted by molar-refractivity contribution is -0.135. The first-order valence-electron chi connectivity index (χ1n) is 9.66. The molecule has 1 heterocycles. The Morgan fingerprint density at radius 1 is 0.793 bits per heavy atom. The topological polar surface area (TPSA) is 71.1 Å². The minimum atomic E-state index is -1.26. The molecule has 0 aliphatic heterocycles. The van der Waals surface area contributed by atoms with Crippen molar-refractivity contribution in [3.8, 4) is 0 Å². The molecule has 3 aromatic rings. The number of anilines is 2. The average molecular weight is 389 g/mol. The molecule has 0 saturated heterocycles. The molecule has 150 valence electrons. The first kappa shape index (κ1) is 20.5. The van der Waals surface area contributed by atoms with E-state index in [0.29, 0.717) is 16.9 Å². The molecule has 0 atom stereocenters. The molecule has 2 amide bonds. The highest BCUT2D eigenvalue weighted by molar-refractivity contribution is 6.15. The molecule has 1 aromatic heterocycles. The van der Waals surface area contributed by atoms with Crippen LogP contribution in [0.5, 0.6) is 0 Å². The SMILES string of the molecule is CC(C)(C(=O)Nc1ccc(C(C)(C)C)cc1)C(=O)Nc1cccc2cccnc12. The standard InChI is InChI=1S/C24H27N3O2/c1-23(2,3)17-11-13-18(14-12-17)26-21(28)24(4,5)22(29)27-19-10-6-8-16-9-7-15-25-20(16)19/h6-15H,1-5H3,(H,26,28)(H,27,29). The maximum atomic E-state index is 12.9. The molecule has 2 N–H and O–H groups in total. The molecule has 0 saturated carbocycles. The minimum absolute atomic E-state index is 0.0359. The van der Waals surface area contributed by atoms with Crippen LogP contribution < -0.4 is 10.6 Å². The van der Waals surface area contributed by atoms with Crippen LogP contribution in [0.1, 0.15) is 40.2 Å². The summed E-state index contributed by atoms with van der Waals surface area (Å²) in [6.07, 6.45) is 1.68. The third kappa shape index (κ3) is 4.45. The quantitative estimate of drug-likeness (QED) is 0.607. The van der Waals surface area contributed by atoms with Gasteiger partial charge in [-0.1, -0.05) is 51.1 Å². The van der Waals surface area contributed by atoms with Crippen molar-refractivity contribution in [1.29, 1.82) is 0 Å². The van der Waals surface area contributed by atoms with Crippen LogP contribution in [0.3, 0.4) is 0 Å². The van der Waals surface area contributed by atoms with Crippen molar-refractivity contribution >= 4 is 34.1 Å². The molecule has 5 nitrogen and oxygen atoms in total. The van der Waals surface area contributed by atoms with Crippen molar-refractivity contribution in [3.05, 3.63) is 66.4 Å². The van der Waals surface area contributed by atoms with Gasteiger partial charge >= 0.3 is 0 Å². The second kappa shape index (κ2) is 7.66. The fourth-order valence-electron chi connectivity index (χ4n) is 2.93. The van der Waals surface area contributed by atoms with Crippen LogP contribution in [-0.4, -0.2) is 16.8 Å². The molecule has 0 fully saturated rings. The molecule has 3 rings (SSSR count). The van der Waals surface area contributed by atoms with Gasteiger partial charge in [0.1, 0.15) is 5.41 Å². The van der Waals surface area contributed by atoms with Crippen LogP contribution in [0.25, 0.3) is 10.9 Å². The van der Waals surface area contributed by atoms with Gasteiger partial charge in [-0.3, -0.25) is 14.6 Å². The Labute approximate surface area is 171 Å². The number of benzene rings is 2. The molecule has 5 heteroatoms. The molecule has 0 unspecified atom stereocenters. The van der Waals surface area contributed by atoms with Gasteiger partial charge in [0, 0.05) is 17.3 Å². The third-order valence-corrected chi connectivity index (χ3v) is 5.03. The number of carbonyl (C=O) groups excluding carboxylic acids is 2. The number of carbonyl (C=O) groups is 2.